The maximum absolute atomic E-state index is 12.4. The van der Waals surface area contributed by atoms with Crippen molar-refractivity contribution < 1.29 is 9.53 Å². The Bertz CT molecular complexity index is 1370. The Hall–Kier alpha value is -3.86. The highest BCUT2D eigenvalue weighted by Gasteiger charge is 2.22. The predicted molar refractivity (Wildman–Crippen MR) is 148 cm³/mol. The number of hydrogen-bond donors (Lipinski definition) is 2. The van der Waals surface area contributed by atoms with Crippen molar-refractivity contribution in [3.63, 3.8) is 0 Å². The normalized spacial score (nSPS) is 16.1. The number of thiazole rings is 1. The molecular formula is C27H32N8O2S. The second kappa shape index (κ2) is 11.7. The summed E-state index contributed by atoms with van der Waals surface area (Å²) < 4.78 is 5.20. The zero-order valence-corrected chi connectivity index (χ0v) is 22.8. The lowest BCUT2D eigenvalue weighted by atomic mass is 10.0. The number of nitrogens with zero attached hydrogens (tertiary/aromatic N) is 6. The monoisotopic (exact) mass is 532 g/mol. The molecule has 4 heterocycles. The number of benzene rings is 1. The molecule has 0 spiro atoms. The van der Waals surface area contributed by atoms with Crippen LogP contribution in [0, 0.1) is 6.92 Å². The van der Waals surface area contributed by atoms with Crippen LogP contribution in [0.1, 0.15) is 66.9 Å². The topological polar surface area (TPSA) is 121 Å². The molecule has 1 saturated heterocycles. The maximum Gasteiger partial charge on any atom is 0.350 e. The van der Waals surface area contributed by atoms with Gasteiger partial charge in [0.15, 0.2) is 5.13 Å². The van der Waals surface area contributed by atoms with E-state index in [1.54, 1.807) is 6.92 Å². The summed E-state index contributed by atoms with van der Waals surface area (Å²) in [7, 11) is 0. The Balaban J connectivity index is 1.51. The van der Waals surface area contributed by atoms with Gasteiger partial charge in [0, 0.05) is 36.3 Å². The van der Waals surface area contributed by atoms with Gasteiger partial charge in [-0.2, -0.15) is 5.21 Å². The third kappa shape index (κ3) is 5.67. The summed E-state index contributed by atoms with van der Waals surface area (Å²) in [5.74, 6) is 0.981. The lowest BCUT2D eigenvalue weighted by Crippen LogP contribution is -2.29. The highest BCUT2D eigenvalue weighted by Crippen LogP contribution is 2.31. The molecule has 0 unspecified atom stereocenters. The molecule has 2 aliphatic heterocycles. The summed E-state index contributed by atoms with van der Waals surface area (Å²) in [5.41, 5.74) is 5.87. The summed E-state index contributed by atoms with van der Waals surface area (Å²) in [6.07, 6.45) is 7.55. The molecule has 11 heteroatoms. The van der Waals surface area contributed by atoms with E-state index in [4.69, 9.17) is 9.73 Å². The van der Waals surface area contributed by atoms with Crippen molar-refractivity contribution >= 4 is 28.1 Å². The predicted octanol–water partition coefficient (Wildman–Crippen LogP) is 5.10. The van der Waals surface area contributed by atoms with E-state index in [1.165, 1.54) is 41.9 Å². The molecule has 0 radical (unpaired) electrons. The van der Waals surface area contributed by atoms with Gasteiger partial charge < -0.3 is 15.0 Å². The molecule has 3 aromatic rings. The molecule has 0 saturated carbocycles. The number of anilines is 1. The van der Waals surface area contributed by atoms with E-state index >= 15 is 0 Å². The molecule has 38 heavy (non-hydrogen) atoms. The number of hydrogen-bond acceptors (Lipinski definition) is 10. The summed E-state index contributed by atoms with van der Waals surface area (Å²) in [6.45, 7) is 8.23. The number of carbonyl (C=O) groups is 1. The van der Waals surface area contributed by atoms with Crippen LogP contribution >= 0.6 is 11.3 Å². The molecule has 0 amide bonds. The number of aryl methyl sites for hydroxylation is 1. The molecule has 2 aromatic heterocycles. The Morgan fingerprint density at radius 2 is 1.89 bits per heavy atom. The molecule has 2 aliphatic rings. The molecule has 0 atom stereocenters. The van der Waals surface area contributed by atoms with Crippen LogP contribution in [0.4, 0.5) is 5.13 Å². The highest BCUT2D eigenvalue weighted by molar-refractivity contribution is 7.17. The fraction of sp³-hybridized carbons (Fsp3) is 0.407. The second-order valence-corrected chi connectivity index (χ2v) is 10.3. The van der Waals surface area contributed by atoms with Gasteiger partial charge in [0.1, 0.15) is 10.7 Å². The molecule has 198 valence electrons. The largest absolute Gasteiger partial charge is 0.462 e. The van der Waals surface area contributed by atoms with Crippen molar-refractivity contribution in [1.29, 1.82) is 0 Å². The summed E-state index contributed by atoms with van der Waals surface area (Å²) in [4.78, 5) is 25.1. The minimum Gasteiger partial charge on any atom is -0.462 e. The molecule has 5 rings (SSSR count). The van der Waals surface area contributed by atoms with Gasteiger partial charge in [-0.25, -0.2) is 14.8 Å². The average Bonchev–Trinajstić information content (AvgIpc) is 3.56. The number of piperidine rings is 1. The Morgan fingerprint density at radius 1 is 1.13 bits per heavy atom. The van der Waals surface area contributed by atoms with E-state index in [0.29, 0.717) is 28.1 Å². The van der Waals surface area contributed by atoms with Gasteiger partial charge in [0.2, 0.25) is 5.82 Å². The van der Waals surface area contributed by atoms with Crippen LogP contribution in [0.2, 0.25) is 0 Å². The Kier molecular flexibility index (Phi) is 7.92. The first-order chi connectivity index (χ1) is 18.6. The zero-order valence-electron chi connectivity index (χ0n) is 22.0. The van der Waals surface area contributed by atoms with Gasteiger partial charge in [0.05, 0.1) is 18.0 Å². The van der Waals surface area contributed by atoms with Crippen molar-refractivity contribution in [3.8, 4) is 11.4 Å². The van der Waals surface area contributed by atoms with E-state index in [9.17, 15) is 4.79 Å². The number of rotatable bonds is 8. The number of aliphatic imine (C=N–C) groups is 1. The van der Waals surface area contributed by atoms with E-state index in [1.807, 2.05) is 31.2 Å². The maximum atomic E-state index is 12.4. The number of aromatic amines is 1. The fourth-order valence-corrected chi connectivity index (χ4v) is 5.55. The van der Waals surface area contributed by atoms with Crippen molar-refractivity contribution in [3.05, 3.63) is 63.6 Å². The second-order valence-electron chi connectivity index (χ2n) is 9.25. The Morgan fingerprint density at radius 3 is 2.58 bits per heavy atom. The minimum absolute atomic E-state index is 0.328. The molecule has 0 aliphatic carbocycles. The first kappa shape index (κ1) is 25.8. The van der Waals surface area contributed by atoms with Crippen LogP contribution in [-0.4, -0.2) is 61.9 Å². The van der Waals surface area contributed by atoms with Gasteiger partial charge in [0.25, 0.3) is 0 Å². The van der Waals surface area contributed by atoms with Crippen LogP contribution in [-0.2, 0) is 4.74 Å². The van der Waals surface area contributed by atoms with Gasteiger partial charge in [-0.1, -0.05) is 42.5 Å². The standard InChI is InChI=1S/C27H32N8O2S/c1-4-18-15-21(35-13-7-6-8-14-35)16-22(19-9-11-20(12-10-19)25-31-33-34-32-25)29-24(18)30-27-28-17(3)23(38-27)26(36)37-5-2/h9-12,16H,4-8,13-15H2,1-3H3,(H,28,30)(H,31,32,33,34). The number of nitrogens with one attached hydrogen (secondary N) is 2. The smallest absolute Gasteiger partial charge is 0.350 e. The minimum atomic E-state index is -0.346. The molecule has 10 nitrogen and oxygen atoms in total. The van der Waals surface area contributed by atoms with Crippen LogP contribution in [0.25, 0.3) is 11.4 Å². The molecule has 1 aromatic carbocycles. The van der Waals surface area contributed by atoms with Crippen LogP contribution in [0.5, 0.6) is 0 Å². The number of tetrazole rings is 1. The lowest BCUT2D eigenvalue weighted by Gasteiger charge is -2.31. The molecular weight excluding hydrogens is 500 g/mol. The molecule has 1 fully saturated rings. The van der Waals surface area contributed by atoms with E-state index < -0.39 is 0 Å². The fourth-order valence-electron chi connectivity index (χ4n) is 4.70. The number of aromatic nitrogens is 5. The van der Waals surface area contributed by atoms with Crippen LogP contribution in [0.15, 0.2) is 52.4 Å². The van der Waals surface area contributed by atoms with E-state index in [0.717, 1.165) is 48.6 Å². The van der Waals surface area contributed by atoms with E-state index in [2.05, 4.69) is 48.8 Å². The van der Waals surface area contributed by atoms with Crippen LogP contribution < -0.4 is 5.32 Å². The van der Waals surface area contributed by atoms with Gasteiger partial charge in [-0.15, -0.1) is 10.2 Å². The average molecular weight is 533 g/mol. The molecule has 2 N–H and O–H groups in total. The SMILES string of the molecule is CCOC(=O)c1sc(NC2=C(CC)CC(N3CCCCC3)=CC(c3ccc(-c4nn[nH]n4)cc3)=N2)nc1C. The van der Waals surface area contributed by atoms with Crippen LogP contribution in [0.3, 0.4) is 0 Å². The van der Waals surface area contributed by atoms with Gasteiger partial charge in [-0.05, 0) is 56.4 Å². The lowest BCUT2D eigenvalue weighted by molar-refractivity contribution is 0.0531. The van der Waals surface area contributed by atoms with Gasteiger partial charge >= 0.3 is 5.97 Å². The summed E-state index contributed by atoms with van der Waals surface area (Å²) in [5, 5.41) is 18.4. The number of carbonyl (C=O) groups excluding carboxylic acids is 1. The highest BCUT2D eigenvalue weighted by atomic mass is 32.1. The molecule has 0 bridgehead atoms. The van der Waals surface area contributed by atoms with E-state index in [-0.39, 0.29) is 5.97 Å². The number of H-pyrrole nitrogens is 1. The third-order valence-electron chi connectivity index (χ3n) is 6.72. The summed E-state index contributed by atoms with van der Waals surface area (Å²) in [6, 6.07) is 8.04. The third-order valence-corrected chi connectivity index (χ3v) is 7.77. The first-order valence-electron chi connectivity index (χ1n) is 13.1. The van der Waals surface area contributed by atoms with Crippen molar-refractivity contribution in [2.24, 2.45) is 4.99 Å². The number of ether oxygens (including phenoxy) is 1. The van der Waals surface area contributed by atoms with Crippen molar-refractivity contribution in [2.45, 2.75) is 52.9 Å². The zero-order chi connectivity index (χ0) is 26.5. The number of likely N-dealkylation sites (tertiary alicyclic amines) is 1. The summed E-state index contributed by atoms with van der Waals surface area (Å²) >= 11 is 1.30. The Labute approximate surface area is 225 Å². The van der Waals surface area contributed by atoms with Gasteiger partial charge in [-0.3, -0.25) is 0 Å². The number of esters is 1. The van der Waals surface area contributed by atoms with Crippen molar-refractivity contribution in [1.82, 2.24) is 30.5 Å². The quantitative estimate of drug-likeness (QED) is 0.384. The number of allylic oxidation sites excluding steroid dienone is 2. The first-order valence-corrected chi connectivity index (χ1v) is 13.9. The van der Waals surface area contributed by atoms with Crippen molar-refractivity contribution in [2.75, 3.05) is 25.0 Å².